The molecular weight excluding hydrogens is 308 g/mol. The van der Waals surface area contributed by atoms with E-state index < -0.39 is 5.97 Å². The molecule has 1 aliphatic heterocycles. The number of carboxylic acids is 1. The van der Waals surface area contributed by atoms with E-state index in [1.807, 2.05) is 0 Å². The summed E-state index contributed by atoms with van der Waals surface area (Å²) in [6, 6.07) is -0.00209. The summed E-state index contributed by atoms with van der Waals surface area (Å²) in [5.41, 5.74) is 0. The summed E-state index contributed by atoms with van der Waals surface area (Å²) in [5, 5.41) is 11.6. The summed E-state index contributed by atoms with van der Waals surface area (Å²) in [6.45, 7) is 0.703. The van der Waals surface area contributed by atoms with Crippen molar-refractivity contribution in [2.75, 3.05) is 13.1 Å². The number of hydrogen-bond donors (Lipinski definition) is 2. The van der Waals surface area contributed by atoms with Crippen molar-refractivity contribution < 1.29 is 19.5 Å². The number of piperidine rings is 1. The van der Waals surface area contributed by atoms with E-state index in [2.05, 4.69) is 5.32 Å². The highest BCUT2D eigenvalue weighted by Crippen LogP contribution is 2.28. The van der Waals surface area contributed by atoms with Crippen LogP contribution in [0.5, 0.6) is 0 Å². The van der Waals surface area contributed by atoms with Gasteiger partial charge in [-0.1, -0.05) is 25.7 Å². The predicted molar refractivity (Wildman–Crippen MR) is 90.4 cm³/mol. The van der Waals surface area contributed by atoms with E-state index in [0.29, 0.717) is 25.3 Å². The van der Waals surface area contributed by atoms with E-state index in [9.17, 15) is 14.4 Å². The topological polar surface area (TPSA) is 86.7 Å². The van der Waals surface area contributed by atoms with Crippen molar-refractivity contribution in [3.05, 3.63) is 0 Å². The number of hydrogen-bond acceptors (Lipinski definition) is 3. The minimum absolute atomic E-state index is 0.00209. The number of carbonyl (C=O) groups is 3. The van der Waals surface area contributed by atoms with Crippen molar-refractivity contribution in [1.82, 2.24) is 10.2 Å². The van der Waals surface area contributed by atoms with Crippen LogP contribution in [0.15, 0.2) is 0 Å². The second-order valence-corrected chi connectivity index (χ2v) is 7.14. The summed E-state index contributed by atoms with van der Waals surface area (Å²) >= 11 is 0. The smallest absolute Gasteiger partial charge is 0.303 e. The summed E-state index contributed by atoms with van der Waals surface area (Å²) in [6.07, 6.45) is 9.84. The van der Waals surface area contributed by atoms with Crippen molar-refractivity contribution in [2.45, 2.75) is 76.7 Å². The average Bonchev–Trinajstić information content (AvgIpc) is 3.09. The van der Waals surface area contributed by atoms with Crippen LogP contribution in [0.2, 0.25) is 0 Å². The largest absolute Gasteiger partial charge is 0.481 e. The maximum atomic E-state index is 12.4. The first-order valence-corrected chi connectivity index (χ1v) is 9.34. The molecule has 6 nitrogen and oxygen atoms in total. The standard InChI is InChI=1S/C18H30N2O4/c21-16(10-8-14-5-1-2-6-14)19-13-17(22)20-12-4-3-7-15(20)9-11-18(23)24/h14-15H,1-13H2,(H,19,21)(H,23,24). The van der Waals surface area contributed by atoms with Gasteiger partial charge in [-0.25, -0.2) is 0 Å². The van der Waals surface area contributed by atoms with Crippen molar-refractivity contribution in [3.63, 3.8) is 0 Å². The third-order valence-electron chi connectivity index (χ3n) is 5.33. The molecule has 0 aromatic carbocycles. The van der Waals surface area contributed by atoms with Gasteiger partial charge in [-0.3, -0.25) is 14.4 Å². The monoisotopic (exact) mass is 338 g/mol. The molecule has 2 amide bonds. The van der Waals surface area contributed by atoms with Gasteiger partial charge in [0.15, 0.2) is 0 Å². The molecule has 1 saturated heterocycles. The van der Waals surface area contributed by atoms with Gasteiger partial charge in [-0.15, -0.1) is 0 Å². The van der Waals surface area contributed by atoms with Crippen molar-refractivity contribution >= 4 is 17.8 Å². The molecule has 1 heterocycles. The van der Waals surface area contributed by atoms with Crippen LogP contribution in [0.3, 0.4) is 0 Å². The molecule has 1 aliphatic carbocycles. The number of aliphatic carboxylic acids is 1. The molecule has 2 N–H and O–H groups in total. The van der Waals surface area contributed by atoms with Gasteiger partial charge in [-0.05, 0) is 38.0 Å². The van der Waals surface area contributed by atoms with Gasteiger partial charge in [-0.2, -0.15) is 0 Å². The number of carbonyl (C=O) groups excluding carboxylic acids is 2. The molecular formula is C18H30N2O4. The van der Waals surface area contributed by atoms with E-state index in [4.69, 9.17) is 5.11 Å². The molecule has 2 rings (SSSR count). The minimum atomic E-state index is -0.826. The number of carboxylic acid groups (broad SMARTS) is 1. The Labute approximate surface area is 144 Å². The molecule has 0 aromatic rings. The van der Waals surface area contributed by atoms with Crippen LogP contribution >= 0.6 is 0 Å². The fourth-order valence-electron chi connectivity index (χ4n) is 3.92. The third-order valence-corrected chi connectivity index (χ3v) is 5.33. The van der Waals surface area contributed by atoms with Gasteiger partial charge < -0.3 is 15.3 Å². The number of rotatable bonds is 8. The third kappa shape index (κ3) is 6.13. The van der Waals surface area contributed by atoms with Crippen LogP contribution in [0.25, 0.3) is 0 Å². The van der Waals surface area contributed by atoms with E-state index in [-0.39, 0.29) is 30.8 Å². The molecule has 1 unspecified atom stereocenters. The zero-order chi connectivity index (χ0) is 17.4. The summed E-state index contributed by atoms with van der Waals surface area (Å²) in [4.78, 5) is 36.8. The zero-order valence-corrected chi connectivity index (χ0v) is 14.5. The number of nitrogens with zero attached hydrogens (tertiary/aromatic N) is 1. The molecule has 0 bridgehead atoms. The minimum Gasteiger partial charge on any atom is -0.481 e. The van der Waals surface area contributed by atoms with E-state index in [0.717, 1.165) is 25.7 Å². The van der Waals surface area contributed by atoms with Crippen LogP contribution in [0.1, 0.15) is 70.6 Å². The molecule has 2 aliphatic rings. The molecule has 0 aromatic heterocycles. The van der Waals surface area contributed by atoms with Gasteiger partial charge in [0.25, 0.3) is 0 Å². The lowest BCUT2D eigenvalue weighted by Gasteiger charge is -2.35. The summed E-state index contributed by atoms with van der Waals surface area (Å²) in [7, 11) is 0. The van der Waals surface area contributed by atoms with Crippen LogP contribution in [-0.2, 0) is 14.4 Å². The normalized spacial score (nSPS) is 21.7. The first kappa shape index (κ1) is 18.7. The lowest BCUT2D eigenvalue weighted by atomic mass is 9.98. The number of nitrogens with one attached hydrogen (secondary N) is 1. The van der Waals surface area contributed by atoms with Gasteiger partial charge in [0.1, 0.15) is 0 Å². The fraction of sp³-hybridized carbons (Fsp3) is 0.833. The maximum Gasteiger partial charge on any atom is 0.303 e. The molecule has 0 radical (unpaired) electrons. The molecule has 6 heteroatoms. The Morgan fingerprint density at radius 2 is 1.67 bits per heavy atom. The maximum absolute atomic E-state index is 12.4. The molecule has 1 atom stereocenters. The van der Waals surface area contributed by atoms with E-state index >= 15 is 0 Å². The van der Waals surface area contributed by atoms with Gasteiger partial charge in [0.2, 0.25) is 11.8 Å². The Kier molecular flexibility index (Phi) is 7.53. The fourth-order valence-corrected chi connectivity index (χ4v) is 3.92. The SMILES string of the molecule is O=C(O)CCC1CCCCN1C(=O)CNC(=O)CCC1CCCC1. The quantitative estimate of drug-likeness (QED) is 0.711. The molecule has 136 valence electrons. The number of amides is 2. The van der Waals surface area contributed by atoms with E-state index in [1.54, 1.807) is 4.90 Å². The summed E-state index contributed by atoms with van der Waals surface area (Å²) in [5.74, 6) is -0.282. The molecule has 24 heavy (non-hydrogen) atoms. The molecule has 1 saturated carbocycles. The van der Waals surface area contributed by atoms with Crippen LogP contribution < -0.4 is 5.32 Å². The molecule has 2 fully saturated rings. The van der Waals surface area contributed by atoms with E-state index in [1.165, 1.54) is 25.7 Å². The van der Waals surface area contributed by atoms with Crippen molar-refractivity contribution in [1.29, 1.82) is 0 Å². The molecule has 0 spiro atoms. The second kappa shape index (κ2) is 9.64. The van der Waals surface area contributed by atoms with Crippen LogP contribution in [0.4, 0.5) is 0 Å². The zero-order valence-electron chi connectivity index (χ0n) is 14.5. The predicted octanol–water partition coefficient (Wildman–Crippen LogP) is 2.32. The van der Waals surface area contributed by atoms with Crippen molar-refractivity contribution in [3.8, 4) is 0 Å². The Morgan fingerprint density at radius 3 is 2.38 bits per heavy atom. The Morgan fingerprint density at radius 1 is 0.958 bits per heavy atom. The number of likely N-dealkylation sites (tertiary alicyclic amines) is 1. The first-order valence-electron chi connectivity index (χ1n) is 9.34. The average molecular weight is 338 g/mol. The second-order valence-electron chi connectivity index (χ2n) is 7.14. The van der Waals surface area contributed by atoms with Gasteiger partial charge >= 0.3 is 5.97 Å². The Hall–Kier alpha value is -1.59. The Balaban J connectivity index is 1.70. The highest BCUT2D eigenvalue weighted by Gasteiger charge is 2.27. The van der Waals surface area contributed by atoms with Crippen LogP contribution in [0, 0.1) is 5.92 Å². The summed E-state index contributed by atoms with van der Waals surface area (Å²) < 4.78 is 0. The lowest BCUT2D eigenvalue weighted by molar-refractivity contribution is -0.140. The highest BCUT2D eigenvalue weighted by molar-refractivity contribution is 5.85. The van der Waals surface area contributed by atoms with Gasteiger partial charge in [0.05, 0.1) is 6.54 Å². The Bertz CT molecular complexity index is 446. The lowest BCUT2D eigenvalue weighted by Crippen LogP contribution is -2.48. The first-order chi connectivity index (χ1) is 11.6. The van der Waals surface area contributed by atoms with Crippen molar-refractivity contribution in [2.24, 2.45) is 5.92 Å². The highest BCUT2D eigenvalue weighted by atomic mass is 16.4. The van der Waals surface area contributed by atoms with Gasteiger partial charge in [0, 0.05) is 25.4 Å². The van der Waals surface area contributed by atoms with Crippen LogP contribution in [-0.4, -0.2) is 46.9 Å².